The highest BCUT2D eigenvalue weighted by molar-refractivity contribution is 7.85. The molecule has 0 fully saturated rings. The molecule has 1 aromatic carbocycles. The van der Waals surface area contributed by atoms with E-state index in [1.807, 2.05) is 13.8 Å². The number of rotatable bonds is 6. The summed E-state index contributed by atoms with van der Waals surface area (Å²) in [6, 6.07) is 4.92. The summed E-state index contributed by atoms with van der Waals surface area (Å²) in [6.07, 6.45) is 0.935. The summed E-state index contributed by atoms with van der Waals surface area (Å²) in [5, 5.41) is 3.38. The van der Waals surface area contributed by atoms with Crippen LogP contribution >= 0.6 is 11.6 Å². The van der Waals surface area contributed by atoms with E-state index in [-0.39, 0.29) is 11.2 Å². The van der Waals surface area contributed by atoms with Crippen molar-refractivity contribution < 1.29 is 9.00 Å². The summed E-state index contributed by atoms with van der Waals surface area (Å²) in [5.41, 5.74) is 6.73. The van der Waals surface area contributed by atoms with Crippen LogP contribution in [-0.2, 0) is 15.6 Å². The largest absolute Gasteiger partial charge is 0.397 e. The van der Waals surface area contributed by atoms with Crippen molar-refractivity contribution in [3.63, 3.8) is 0 Å². The molecule has 0 aliphatic heterocycles. The van der Waals surface area contributed by atoms with Crippen molar-refractivity contribution in [2.75, 3.05) is 16.8 Å². The van der Waals surface area contributed by atoms with Gasteiger partial charge in [-0.25, -0.2) is 0 Å². The van der Waals surface area contributed by atoms with E-state index in [2.05, 4.69) is 5.32 Å². The highest BCUT2D eigenvalue weighted by Crippen LogP contribution is 2.22. The number of hydrogen-bond donors (Lipinski definition) is 2. The molecule has 1 unspecified atom stereocenters. The van der Waals surface area contributed by atoms with E-state index in [0.29, 0.717) is 35.0 Å². The van der Waals surface area contributed by atoms with Crippen LogP contribution in [0.25, 0.3) is 0 Å². The second kappa shape index (κ2) is 7.50. The molecule has 4 nitrogen and oxygen atoms in total. The Morgan fingerprint density at radius 2 is 2.16 bits per heavy atom. The lowest BCUT2D eigenvalue weighted by Gasteiger charge is -2.09. The maximum Gasteiger partial charge on any atom is 0.224 e. The van der Waals surface area contributed by atoms with Crippen molar-refractivity contribution in [1.82, 2.24) is 0 Å². The van der Waals surface area contributed by atoms with Crippen LogP contribution in [0.3, 0.4) is 0 Å². The van der Waals surface area contributed by atoms with E-state index in [4.69, 9.17) is 17.3 Å². The van der Waals surface area contributed by atoms with Crippen LogP contribution in [-0.4, -0.2) is 21.1 Å². The van der Waals surface area contributed by atoms with Crippen molar-refractivity contribution in [3.05, 3.63) is 23.2 Å². The van der Waals surface area contributed by atoms with Crippen molar-refractivity contribution >= 4 is 39.7 Å². The fourth-order valence-electron chi connectivity index (χ4n) is 1.47. The molecular formula is C13H19ClN2O2S. The van der Waals surface area contributed by atoms with Crippen LogP contribution in [0.1, 0.15) is 26.7 Å². The van der Waals surface area contributed by atoms with Crippen molar-refractivity contribution in [2.45, 2.75) is 31.9 Å². The van der Waals surface area contributed by atoms with E-state index < -0.39 is 10.8 Å². The number of hydrogen-bond acceptors (Lipinski definition) is 3. The third kappa shape index (κ3) is 5.61. The maximum atomic E-state index is 11.7. The van der Waals surface area contributed by atoms with Crippen molar-refractivity contribution in [3.8, 4) is 0 Å². The molecular weight excluding hydrogens is 284 g/mol. The molecule has 0 spiro atoms. The van der Waals surface area contributed by atoms with Crippen LogP contribution in [0, 0.1) is 0 Å². The molecule has 0 radical (unpaired) electrons. The van der Waals surface area contributed by atoms with E-state index in [0.717, 1.165) is 0 Å². The predicted octanol–water partition coefficient (Wildman–Crippen LogP) is 2.80. The quantitative estimate of drug-likeness (QED) is 0.794. The second-order valence-corrected chi connectivity index (χ2v) is 7.07. The summed E-state index contributed by atoms with van der Waals surface area (Å²) in [4.78, 5) is 11.7. The molecule has 0 heterocycles. The molecule has 3 N–H and O–H groups in total. The standard InChI is InChI=1S/C13H19ClN2O2S/c1-9(2)19(18)7-3-4-13(17)16-12-6-5-10(14)8-11(12)15/h5-6,8-9H,3-4,7,15H2,1-2H3,(H,16,17). The number of nitrogen functional groups attached to an aromatic ring is 1. The van der Waals surface area contributed by atoms with Gasteiger partial charge < -0.3 is 11.1 Å². The molecule has 0 saturated heterocycles. The van der Waals surface area contributed by atoms with Gasteiger partial charge in [-0.2, -0.15) is 0 Å². The minimum atomic E-state index is -0.864. The summed E-state index contributed by atoms with van der Waals surface area (Å²) >= 11 is 5.78. The van der Waals surface area contributed by atoms with Gasteiger partial charge in [0.15, 0.2) is 0 Å². The van der Waals surface area contributed by atoms with Gasteiger partial charge in [0, 0.05) is 33.2 Å². The van der Waals surface area contributed by atoms with Gasteiger partial charge >= 0.3 is 0 Å². The Bertz CT molecular complexity index is 478. The van der Waals surface area contributed by atoms with Gasteiger partial charge in [-0.3, -0.25) is 9.00 Å². The van der Waals surface area contributed by atoms with Gasteiger partial charge in [-0.15, -0.1) is 0 Å². The monoisotopic (exact) mass is 302 g/mol. The Morgan fingerprint density at radius 1 is 1.47 bits per heavy atom. The number of carbonyl (C=O) groups excluding carboxylic acids is 1. The van der Waals surface area contributed by atoms with Gasteiger partial charge in [0.1, 0.15) is 0 Å². The summed E-state index contributed by atoms with van der Waals surface area (Å²) in [5.74, 6) is 0.413. The summed E-state index contributed by atoms with van der Waals surface area (Å²) in [7, 11) is -0.864. The SMILES string of the molecule is CC(C)S(=O)CCCC(=O)Nc1ccc(Cl)cc1N. The van der Waals surface area contributed by atoms with Crippen LogP contribution in [0.4, 0.5) is 11.4 Å². The minimum absolute atomic E-state index is 0.130. The number of benzene rings is 1. The molecule has 1 aromatic rings. The molecule has 106 valence electrons. The number of nitrogens with two attached hydrogens (primary N) is 1. The first-order valence-electron chi connectivity index (χ1n) is 6.12. The predicted molar refractivity (Wildman–Crippen MR) is 81.9 cm³/mol. The highest BCUT2D eigenvalue weighted by atomic mass is 35.5. The lowest BCUT2D eigenvalue weighted by Crippen LogP contribution is -2.15. The third-order valence-electron chi connectivity index (χ3n) is 2.56. The number of carbonyl (C=O) groups is 1. The molecule has 19 heavy (non-hydrogen) atoms. The summed E-state index contributed by atoms with van der Waals surface area (Å²) < 4.78 is 11.5. The normalized spacial score (nSPS) is 12.4. The summed E-state index contributed by atoms with van der Waals surface area (Å²) in [6.45, 7) is 3.81. The fraction of sp³-hybridized carbons (Fsp3) is 0.462. The average Bonchev–Trinajstić information content (AvgIpc) is 2.32. The Kier molecular flexibility index (Phi) is 6.31. The third-order valence-corrected chi connectivity index (χ3v) is 4.54. The molecule has 1 rings (SSSR count). The first kappa shape index (κ1) is 16.0. The molecule has 0 aliphatic rings. The lowest BCUT2D eigenvalue weighted by molar-refractivity contribution is -0.116. The van der Waals surface area contributed by atoms with Gasteiger partial charge in [0.2, 0.25) is 5.91 Å². The second-order valence-electron chi connectivity index (χ2n) is 4.52. The van der Waals surface area contributed by atoms with Crippen LogP contribution in [0.2, 0.25) is 5.02 Å². The molecule has 0 aliphatic carbocycles. The number of amides is 1. The zero-order valence-electron chi connectivity index (χ0n) is 11.1. The van der Waals surface area contributed by atoms with E-state index >= 15 is 0 Å². The molecule has 1 amide bonds. The zero-order chi connectivity index (χ0) is 14.4. The van der Waals surface area contributed by atoms with E-state index in [9.17, 15) is 9.00 Å². The smallest absolute Gasteiger partial charge is 0.224 e. The first-order chi connectivity index (χ1) is 8.90. The fourth-order valence-corrected chi connectivity index (χ4v) is 2.55. The Labute approximate surface area is 121 Å². The van der Waals surface area contributed by atoms with Crippen LogP contribution in [0.15, 0.2) is 18.2 Å². The first-order valence-corrected chi connectivity index (χ1v) is 7.88. The maximum absolute atomic E-state index is 11.7. The molecule has 0 saturated carbocycles. The molecule has 6 heteroatoms. The highest BCUT2D eigenvalue weighted by Gasteiger charge is 2.08. The van der Waals surface area contributed by atoms with Gasteiger partial charge in [0.25, 0.3) is 0 Å². The van der Waals surface area contributed by atoms with Crippen LogP contribution in [0.5, 0.6) is 0 Å². The van der Waals surface area contributed by atoms with Crippen molar-refractivity contribution in [2.24, 2.45) is 0 Å². The van der Waals surface area contributed by atoms with Gasteiger partial charge in [0.05, 0.1) is 11.4 Å². The van der Waals surface area contributed by atoms with E-state index in [1.165, 1.54) is 0 Å². The van der Waals surface area contributed by atoms with Crippen molar-refractivity contribution in [1.29, 1.82) is 0 Å². The van der Waals surface area contributed by atoms with E-state index in [1.54, 1.807) is 18.2 Å². The van der Waals surface area contributed by atoms with Gasteiger partial charge in [-0.05, 0) is 24.6 Å². The number of nitrogens with one attached hydrogen (secondary N) is 1. The Hall–Kier alpha value is -1.07. The minimum Gasteiger partial charge on any atom is -0.397 e. The van der Waals surface area contributed by atoms with Gasteiger partial charge in [-0.1, -0.05) is 25.4 Å². The lowest BCUT2D eigenvalue weighted by atomic mass is 10.2. The number of halogens is 1. The molecule has 0 aromatic heterocycles. The number of anilines is 2. The van der Waals surface area contributed by atoms with Crippen LogP contribution < -0.4 is 11.1 Å². The topological polar surface area (TPSA) is 72.2 Å². The Balaban J connectivity index is 2.41. The molecule has 1 atom stereocenters. The average molecular weight is 303 g/mol. The Morgan fingerprint density at radius 3 is 2.74 bits per heavy atom. The molecule has 0 bridgehead atoms. The zero-order valence-corrected chi connectivity index (χ0v) is 12.7.